The fraction of sp³-hybridized carbons (Fsp3) is 0.400. The summed E-state index contributed by atoms with van der Waals surface area (Å²) in [5.74, 6) is -0.1000. The molecule has 1 aromatic heterocycles. The smallest absolute Gasteiger partial charge is 0.244 e. The van der Waals surface area contributed by atoms with Gasteiger partial charge in [-0.1, -0.05) is 0 Å². The van der Waals surface area contributed by atoms with Crippen molar-refractivity contribution in [3.05, 3.63) is 22.2 Å². The summed E-state index contributed by atoms with van der Waals surface area (Å²) in [6.45, 7) is 0.320. The van der Waals surface area contributed by atoms with Gasteiger partial charge in [0.05, 0.1) is 12.3 Å². The van der Waals surface area contributed by atoms with E-state index in [0.29, 0.717) is 12.3 Å². The number of hydrogen-bond acceptors (Lipinski definition) is 4. The van der Waals surface area contributed by atoms with Crippen molar-refractivity contribution in [1.29, 1.82) is 0 Å². The molecule has 62 valence electrons. The number of nitrogens with zero attached hydrogens (tertiary/aromatic N) is 1. The van der Waals surface area contributed by atoms with E-state index < -0.39 is 5.23 Å². The molecule has 0 aliphatic carbocycles. The molecule has 0 fully saturated rings. The first-order valence-corrected chi connectivity index (χ1v) is 2.98. The third-order valence-corrected chi connectivity index (χ3v) is 1.14. The van der Waals surface area contributed by atoms with Gasteiger partial charge in [0.25, 0.3) is 0 Å². The quantitative estimate of drug-likeness (QED) is 0.556. The lowest BCUT2D eigenvalue weighted by atomic mass is 10.4. The average Bonchev–Trinajstić information content (AvgIpc) is 2.37. The highest BCUT2D eigenvalue weighted by Crippen LogP contribution is 2.00. The maximum atomic E-state index is 10.2. The second-order valence-electron chi connectivity index (χ2n) is 2.00. The highest BCUT2D eigenvalue weighted by molar-refractivity contribution is 5.19. The fourth-order valence-corrected chi connectivity index (χ4v) is 0.696. The van der Waals surface area contributed by atoms with Crippen molar-refractivity contribution >= 4 is 5.82 Å². The Morgan fingerprint density at radius 1 is 1.73 bits per heavy atom. The van der Waals surface area contributed by atoms with Crippen molar-refractivity contribution in [2.75, 3.05) is 7.11 Å². The third kappa shape index (κ3) is 1.99. The van der Waals surface area contributed by atoms with E-state index >= 15 is 0 Å². The second-order valence-corrected chi connectivity index (χ2v) is 2.00. The predicted molar refractivity (Wildman–Crippen MR) is 36.7 cm³/mol. The first-order chi connectivity index (χ1) is 5.24. The van der Waals surface area contributed by atoms with Gasteiger partial charge in [-0.2, -0.15) is 0 Å². The molecular formula is C5H8N3O3-. The van der Waals surface area contributed by atoms with E-state index in [4.69, 9.17) is 4.74 Å². The van der Waals surface area contributed by atoms with Crippen LogP contribution < -0.4 is 5.23 Å². The largest absolute Gasteiger partial charge is 0.626 e. The van der Waals surface area contributed by atoms with Crippen molar-refractivity contribution < 1.29 is 9.96 Å². The lowest BCUT2D eigenvalue weighted by molar-refractivity contribution is -0.718. The highest BCUT2D eigenvalue weighted by Gasteiger charge is 2.01. The Morgan fingerprint density at radius 2 is 2.45 bits per heavy atom. The first kappa shape index (κ1) is 8.15. The van der Waals surface area contributed by atoms with Gasteiger partial charge in [-0.3, -0.25) is 5.10 Å². The van der Waals surface area contributed by atoms with Crippen molar-refractivity contribution in [1.82, 2.24) is 10.2 Å². The lowest BCUT2D eigenvalue weighted by Gasteiger charge is -2.20. The highest BCUT2D eigenvalue weighted by atomic mass is 16.8. The van der Waals surface area contributed by atoms with Gasteiger partial charge in [-0.25, -0.2) is 0 Å². The Bertz CT molecular complexity index is 223. The van der Waals surface area contributed by atoms with Crippen LogP contribution in [0.25, 0.3) is 0 Å². The van der Waals surface area contributed by atoms with Crippen LogP contribution in [-0.2, 0) is 11.3 Å². The van der Waals surface area contributed by atoms with E-state index in [1.165, 1.54) is 13.2 Å². The van der Waals surface area contributed by atoms with Gasteiger partial charge < -0.3 is 20.4 Å². The van der Waals surface area contributed by atoms with Crippen molar-refractivity contribution in [3.63, 3.8) is 0 Å². The molecule has 0 amide bonds. The number of quaternary nitrogens is 1. The lowest BCUT2D eigenvalue weighted by Crippen LogP contribution is -2.96. The summed E-state index contributed by atoms with van der Waals surface area (Å²) >= 11 is 0. The minimum atomic E-state index is -1.29. The number of aromatic amines is 1. The summed E-state index contributed by atoms with van der Waals surface area (Å²) < 4.78 is 4.74. The van der Waals surface area contributed by atoms with Crippen LogP contribution in [0.4, 0.5) is 5.82 Å². The van der Waals surface area contributed by atoms with Crippen LogP contribution in [-0.4, -0.2) is 17.3 Å². The number of ether oxygens (including phenoxy) is 1. The maximum Gasteiger partial charge on any atom is 0.244 e. The molecule has 6 heteroatoms. The van der Waals surface area contributed by atoms with E-state index in [-0.39, 0.29) is 5.82 Å². The second kappa shape index (κ2) is 3.44. The Hall–Kier alpha value is -0.950. The van der Waals surface area contributed by atoms with Crippen LogP contribution in [0.3, 0.4) is 0 Å². The predicted octanol–water partition coefficient (Wildman–Crippen LogP) is -0.932. The van der Waals surface area contributed by atoms with Crippen LogP contribution in [0.2, 0.25) is 0 Å². The van der Waals surface area contributed by atoms with Gasteiger partial charge in [0, 0.05) is 13.2 Å². The summed E-state index contributed by atoms with van der Waals surface area (Å²) in [6, 6.07) is 1.37. The molecule has 1 rings (SSSR count). The van der Waals surface area contributed by atoms with Gasteiger partial charge in [-0.15, -0.1) is 5.10 Å². The van der Waals surface area contributed by atoms with Gasteiger partial charge >= 0.3 is 0 Å². The van der Waals surface area contributed by atoms with E-state index in [1.807, 2.05) is 0 Å². The van der Waals surface area contributed by atoms with Crippen LogP contribution in [0.5, 0.6) is 0 Å². The Labute approximate surface area is 62.9 Å². The standard InChI is InChI=1S/C5H8N3O3/c1-11-3-4-2-5(7-6-4)8(9)10/h2,8H,3H2,1H3,(H,6,7)/q-1. The molecule has 0 bridgehead atoms. The molecule has 6 nitrogen and oxygen atoms in total. The molecule has 0 aromatic carbocycles. The van der Waals surface area contributed by atoms with E-state index in [9.17, 15) is 10.4 Å². The zero-order valence-electron chi connectivity index (χ0n) is 5.96. The first-order valence-electron chi connectivity index (χ1n) is 2.98. The normalized spacial score (nSPS) is 10.9. The molecule has 0 saturated heterocycles. The summed E-state index contributed by atoms with van der Waals surface area (Å²) in [6.07, 6.45) is 0. The molecule has 0 unspecified atom stereocenters. The van der Waals surface area contributed by atoms with Gasteiger partial charge in [0.15, 0.2) is 0 Å². The number of aromatic nitrogens is 2. The Morgan fingerprint density at radius 3 is 2.91 bits per heavy atom. The maximum absolute atomic E-state index is 10.2. The van der Waals surface area contributed by atoms with Crippen LogP contribution in [0.15, 0.2) is 6.07 Å². The molecule has 1 aromatic rings. The molecule has 1 heterocycles. The van der Waals surface area contributed by atoms with Crippen LogP contribution in [0, 0.1) is 10.4 Å². The summed E-state index contributed by atoms with van der Waals surface area (Å²) in [5.41, 5.74) is 0.617. The van der Waals surface area contributed by atoms with E-state index in [1.54, 1.807) is 0 Å². The number of hydrogen-bond donors (Lipinski definition) is 2. The monoisotopic (exact) mass is 158 g/mol. The molecule has 11 heavy (non-hydrogen) atoms. The summed E-state index contributed by atoms with van der Waals surface area (Å²) in [5, 5.41) is 25.0. The fourth-order valence-electron chi connectivity index (χ4n) is 0.696. The third-order valence-electron chi connectivity index (χ3n) is 1.14. The van der Waals surface area contributed by atoms with Crippen molar-refractivity contribution in [2.45, 2.75) is 6.61 Å². The van der Waals surface area contributed by atoms with E-state index in [2.05, 4.69) is 10.2 Å². The molecule has 0 spiro atoms. The number of rotatable bonds is 3. The van der Waals surface area contributed by atoms with Crippen molar-refractivity contribution in [3.8, 4) is 0 Å². The molecule has 0 saturated carbocycles. The summed E-state index contributed by atoms with van der Waals surface area (Å²) in [7, 11) is 1.51. The zero-order valence-corrected chi connectivity index (χ0v) is 5.96. The molecule has 2 N–H and O–H groups in total. The van der Waals surface area contributed by atoms with Crippen molar-refractivity contribution in [2.24, 2.45) is 0 Å². The summed E-state index contributed by atoms with van der Waals surface area (Å²) in [4.78, 5) is 0. The Kier molecular flexibility index (Phi) is 2.55. The average molecular weight is 158 g/mol. The Balaban J connectivity index is 2.66. The van der Waals surface area contributed by atoms with Gasteiger partial charge in [0.1, 0.15) is 0 Å². The van der Waals surface area contributed by atoms with Crippen LogP contribution in [0.1, 0.15) is 5.69 Å². The zero-order chi connectivity index (χ0) is 8.27. The molecule has 0 radical (unpaired) electrons. The number of nitrogens with one attached hydrogen (secondary N) is 2. The topological polar surface area (TPSA) is 88.5 Å². The molecule has 0 aliphatic rings. The minimum Gasteiger partial charge on any atom is -0.626 e. The minimum absolute atomic E-state index is 0.1000. The number of H-pyrrole nitrogens is 1. The van der Waals surface area contributed by atoms with Gasteiger partial charge in [0.2, 0.25) is 5.82 Å². The van der Waals surface area contributed by atoms with Crippen LogP contribution >= 0.6 is 0 Å². The SMILES string of the molecule is COCc1cc([NH+]([O-])[O-])n[nH]1. The molecular weight excluding hydrogens is 150 g/mol. The molecule has 0 aliphatic heterocycles. The van der Waals surface area contributed by atoms with E-state index in [0.717, 1.165) is 0 Å². The van der Waals surface area contributed by atoms with Gasteiger partial charge in [-0.05, 0) is 0 Å². The number of methoxy groups -OCH3 is 1. The molecule has 0 atom stereocenters.